The molecule has 30 heavy (non-hydrogen) atoms. The number of allylic oxidation sites excluding steroid dienone is 1. The quantitative estimate of drug-likeness (QED) is 0.727. The van der Waals surface area contributed by atoms with Crippen LogP contribution in [0.5, 0.6) is 34.5 Å². The second-order valence-corrected chi connectivity index (χ2v) is 6.53. The Bertz CT molecular complexity index is 912. The van der Waals surface area contributed by atoms with E-state index in [2.05, 4.69) is 6.58 Å². The topological polar surface area (TPSA) is 95.8 Å². The van der Waals surface area contributed by atoms with Gasteiger partial charge in [-0.3, -0.25) is 0 Å². The van der Waals surface area contributed by atoms with Gasteiger partial charge in [-0.25, -0.2) is 0 Å². The normalized spacial score (nSPS) is 13.5. The zero-order chi connectivity index (χ0) is 21.7. The van der Waals surface area contributed by atoms with Gasteiger partial charge >= 0.3 is 7.12 Å². The van der Waals surface area contributed by atoms with Crippen molar-refractivity contribution in [3.63, 3.8) is 0 Å². The van der Waals surface area contributed by atoms with E-state index in [0.29, 0.717) is 43.7 Å². The predicted molar refractivity (Wildman–Crippen MR) is 113 cm³/mol. The van der Waals surface area contributed by atoms with E-state index >= 15 is 0 Å². The standard InChI is InChI=1S/C12H14O3.C9H11BO5/c1-8(2)11-9(13-3)4-5-10-12(11)15-7-6-14-10;1-13-6-2-3-7-9(8(6)10(11)12)15-5-4-14-7/h4-5H,1,6-7H2,2-3H3;2-3,11-12H,4-5H2,1H3. The summed E-state index contributed by atoms with van der Waals surface area (Å²) in [6, 6.07) is 7.03. The molecule has 0 unspecified atom stereocenters. The number of hydrogen-bond acceptors (Lipinski definition) is 8. The Kier molecular flexibility index (Phi) is 6.97. The van der Waals surface area contributed by atoms with E-state index in [1.54, 1.807) is 19.2 Å². The molecule has 2 aliphatic heterocycles. The predicted octanol–water partition coefficient (Wildman–Crippen LogP) is 1.65. The SMILES string of the molecule is C=C(C)c1c(OC)ccc2c1OCCO2.COc1ccc2c(c1B(O)O)OCCO2. The van der Waals surface area contributed by atoms with Crippen LogP contribution >= 0.6 is 0 Å². The Morgan fingerprint density at radius 3 is 1.87 bits per heavy atom. The molecule has 0 aromatic heterocycles. The number of rotatable bonds is 4. The average Bonchev–Trinajstić information content (AvgIpc) is 2.77. The fraction of sp³-hybridized carbons (Fsp3) is 0.333. The van der Waals surface area contributed by atoms with Gasteiger partial charge in [0.25, 0.3) is 0 Å². The minimum Gasteiger partial charge on any atom is -0.497 e. The minimum absolute atomic E-state index is 0.203. The van der Waals surface area contributed by atoms with Gasteiger partial charge in [-0.05, 0) is 36.8 Å². The third-order valence-corrected chi connectivity index (χ3v) is 4.50. The van der Waals surface area contributed by atoms with Gasteiger partial charge in [0.15, 0.2) is 23.0 Å². The summed E-state index contributed by atoms with van der Waals surface area (Å²) in [5, 5.41) is 18.5. The lowest BCUT2D eigenvalue weighted by atomic mass is 9.78. The molecule has 0 radical (unpaired) electrons. The van der Waals surface area contributed by atoms with Crippen LogP contribution in [0.25, 0.3) is 5.57 Å². The Balaban J connectivity index is 0.000000171. The molecular weight excluding hydrogens is 391 g/mol. The average molecular weight is 416 g/mol. The molecule has 2 N–H and O–H groups in total. The van der Waals surface area contributed by atoms with E-state index in [9.17, 15) is 10.0 Å². The molecular formula is C21H25BO8. The highest BCUT2D eigenvalue weighted by molar-refractivity contribution is 6.61. The maximum atomic E-state index is 9.23. The summed E-state index contributed by atoms with van der Waals surface area (Å²) in [6.45, 7) is 7.86. The third kappa shape index (κ3) is 4.42. The van der Waals surface area contributed by atoms with Crippen molar-refractivity contribution >= 4 is 18.2 Å². The minimum atomic E-state index is -1.64. The zero-order valence-corrected chi connectivity index (χ0v) is 17.3. The summed E-state index contributed by atoms with van der Waals surface area (Å²) in [5.41, 5.74) is 2.01. The molecule has 0 fully saturated rings. The van der Waals surface area contributed by atoms with E-state index in [1.165, 1.54) is 7.11 Å². The highest BCUT2D eigenvalue weighted by atomic mass is 16.6. The molecule has 2 heterocycles. The van der Waals surface area contributed by atoms with Crippen LogP contribution in [0.4, 0.5) is 0 Å². The van der Waals surface area contributed by atoms with Crippen LogP contribution in [0.1, 0.15) is 12.5 Å². The smallest absolute Gasteiger partial charge is 0.496 e. The van der Waals surface area contributed by atoms with Gasteiger partial charge in [-0.15, -0.1) is 0 Å². The van der Waals surface area contributed by atoms with Crippen molar-refractivity contribution in [1.29, 1.82) is 0 Å². The van der Waals surface area contributed by atoms with Crippen molar-refractivity contribution in [2.24, 2.45) is 0 Å². The van der Waals surface area contributed by atoms with Gasteiger partial charge in [0.05, 0.1) is 25.2 Å². The first kappa shape index (κ1) is 21.7. The molecule has 0 atom stereocenters. The molecule has 0 amide bonds. The van der Waals surface area contributed by atoms with Crippen molar-refractivity contribution in [3.05, 3.63) is 36.4 Å². The molecule has 0 bridgehead atoms. The van der Waals surface area contributed by atoms with Crippen LogP contribution in [-0.2, 0) is 0 Å². The molecule has 8 nitrogen and oxygen atoms in total. The summed E-state index contributed by atoms with van der Waals surface area (Å²) in [7, 11) is 1.45. The molecule has 2 aliphatic rings. The maximum absolute atomic E-state index is 9.23. The van der Waals surface area contributed by atoms with E-state index in [1.807, 2.05) is 19.1 Å². The van der Waals surface area contributed by atoms with Gasteiger partial charge in [0.1, 0.15) is 37.9 Å². The monoisotopic (exact) mass is 416 g/mol. The van der Waals surface area contributed by atoms with Gasteiger partial charge in [-0.1, -0.05) is 6.58 Å². The molecule has 160 valence electrons. The van der Waals surface area contributed by atoms with Gasteiger partial charge in [0, 0.05) is 0 Å². The lowest BCUT2D eigenvalue weighted by Gasteiger charge is -2.22. The molecule has 0 aliphatic carbocycles. The third-order valence-electron chi connectivity index (χ3n) is 4.50. The molecule has 4 rings (SSSR count). The van der Waals surface area contributed by atoms with Gasteiger partial charge in [-0.2, -0.15) is 0 Å². The van der Waals surface area contributed by atoms with Crippen LogP contribution < -0.4 is 33.9 Å². The summed E-state index contributed by atoms with van der Waals surface area (Å²) in [6.07, 6.45) is 0. The first-order valence-electron chi connectivity index (χ1n) is 9.43. The van der Waals surface area contributed by atoms with Crippen molar-refractivity contribution in [3.8, 4) is 34.5 Å². The zero-order valence-electron chi connectivity index (χ0n) is 17.3. The molecule has 2 aromatic carbocycles. The Morgan fingerprint density at radius 2 is 1.33 bits per heavy atom. The maximum Gasteiger partial charge on any atom is 0.496 e. The summed E-state index contributed by atoms with van der Waals surface area (Å²) in [4.78, 5) is 0. The van der Waals surface area contributed by atoms with Crippen molar-refractivity contribution in [2.45, 2.75) is 6.92 Å². The van der Waals surface area contributed by atoms with Crippen LogP contribution in [0.3, 0.4) is 0 Å². The number of fused-ring (bicyclic) bond motifs is 2. The number of ether oxygens (including phenoxy) is 6. The molecule has 0 spiro atoms. The lowest BCUT2D eigenvalue weighted by molar-refractivity contribution is 0.170. The highest BCUT2D eigenvalue weighted by Gasteiger charge is 2.27. The van der Waals surface area contributed by atoms with Crippen molar-refractivity contribution in [1.82, 2.24) is 0 Å². The molecule has 9 heteroatoms. The lowest BCUT2D eigenvalue weighted by Crippen LogP contribution is -2.35. The fourth-order valence-corrected chi connectivity index (χ4v) is 3.21. The number of benzene rings is 2. The molecule has 0 saturated heterocycles. The van der Waals surface area contributed by atoms with E-state index < -0.39 is 7.12 Å². The van der Waals surface area contributed by atoms with Crippen LogP contribution in [0.15, 0.2) is 30.8 Å². The largest absolute Gasteiger partial charge is 0.497 e. The Morgan fingerprint density at radius 1 is 0.833 bits per heavy atom. The Hall–Kier alpha value is -3.04. The first-order chi connectivity index (χ1) is 14.5. The summed E-state index contributed by atoms with van der Waals surface area (Å²) in [5.74, 6) is 3.50. The molecule has 2 aromatic rings. The van der Waals surface area contributed by atoms with Crippen LogP contribution in [-0.4, -0.2) is 57.8 Å². The van der Waals surface area contributed by atoms with E-state index in [-0.39, 0.29) is 5.46 Å². The second-order valence-electron chi connectivity index (χ2n) is 6.53. The van der Waals surface area contributed by atoms with Crippen LogP contribution in [0.2, 0.25) is 0 Å². The fourth-order valence-electron chi connectivity index (χ4n) is 3.21. The molecule has 0 saturated carbocycles. The van der Waals surface area contributed by atoms with Gasteiger partial charge in [0.2, 0.25) is 0 Å². The van der Waals surface area contributed by atoms with Gasteiger partial charge < -0.3 is 38.5 Å². The van der Waals surface area contributed by atoms with E-state index in [4.69, 9.17) is 28.4 Å². The second kappa shape index (κ2) is 9.64. The highest BCUT2D eigenvalue weighted by Crippen LogP contribution is 2.42. The van der Waals surface area contributed by atoms with Crippen molar-refractivity contribution < 1.29 is 38.5 Å². The summed E-state index contributed by atoms with van der Waals surface area (Å²) >= 11 is 0. The number of hydrogen-bond donors (Lipinski definition) is 2. The van der Waals surface area contributed by atoms with E-state index in [0.717, 1.165) is 28.4 Å². The van der Waals surface area contributed by atoms with Crippen LogP contribution in [0, 0.1) is 0 Å². The number of methoxy groups -OCH3 is 2. The Labute approximate surface area is 175 Å². The van der Waals surface area contributed by atoms with Crippen molar-refractivity contribution in [2.75, 3.05) is 40.6 Å². The first-order valence-corrected chi connectivity index (χ1v) is 9.43. The summed E-state index contributed by atoms with van der Waals surface area (Å²) < 4.78 is 32.0.